The van der Waals surface area contributed by atoms with Gasteiger partial charge in [0.1, 0.15) is 0 Å². The zero-order valence-corrected chi connectivity index (χ0v) is 31.0. The van der Waals surface area contributed by atoms with Crippen LogP contribution in [0, 0.1) is 12.8 Å². The van der Waals surface area contributed by atoms with E-state index in [1.165, 1.54) is 99.8 Å². The highest BCUT2D eigenvalue weighted by Gasteiger charge is 2.38. The van der Waals surface area contributed by atoms with Crippen molar-refractivity contribution in [2.24, 2.45) is 5.92 Å². The van der Waals surface area contributed by atoms with Gasteiger partial charge in [0, 0.05) is 27.8 Å². The van der Waals surface area contributed by atoms with Gasteiger partial charge >= 0.3 is 0 Å². The van der Waals surface area contributed by atoms with Crippen molar-refractivity contribution < 1.29 is 0 Å². The van der Waals surface area contributed by atoms with E-state index < -0.39 is 0 Å². The highest BCUT2D eigenvalue weighted by Crippen LogP contribution is 2.54. The molecule has 2 unspecified atom stereocenters. The molecule has 1 heterocycles. The van der Waals surface area contributed by atoms with Crippen LogP contribution in [-0.2, 0) is 5.41 Å². The van der Waals surface area contributed by atoms with E-state index in [0.29, 0.717) is 11.8 Å². The Hall–Kier alpha value is -6.18. The van der Waals surface area contributed by atoms with Gasteiger partial charge in [0.25, 0.3) is 0 Å². The van der Waals surface area contributed by atoms with Crippen molar-refractivity contribution in [2.45, 2.75) is 38.5 Å². The smallest absolute Gasteiger partial charge is 0.0541 e. The lowest BCUT2D eigenvalue weighted by Crippen LogP contribution is -2.14. The molecular formula is C53H41N. The highest BCUT2D eigenvalue weighted by atomic mass is 15.0. The molecule has 0 aliphatic heterocycles. The molecule has 2 atom stereocenters. The van der Waals surface area contributed by atoms with Gasteiger partial charge in [0.05, 0.1) is 11.0 Å². The molecule has 0 saturated carbocycles. The van der Waals surface area contributed by atoms with Crippen LogP contribution in [0.3, 0.4) is 0 Å². The summed E-state index contributed by atoms with van der Waals surface area (Å²) in [6.45, 7) is 6.86. The molecule has 1 heteroatoms. The number of allylic oxidation sites excluding steroid dienone is 4. The summed E-state index contributed by atoms with van der Waals surface area (Å²) in [7, 11) is 0. The van der Waals surface area contributed by atoms with E-state index in [9.17, 15) is 0 Å². The molecule has 3 aliphatic carbocycles. The number of fused-ring (bicyclic) bond motifs is 9. The first-order chi connectivity index (χ1) is 26.4. The summed E-state index contributed by atoms with van der Waals surface area (Å²) in [6.07, 6.45) is 8.04. The molecule has 1 nitrogen and oxygen atoms in total. The molecule has 258 valence electrons. The predicted molar refractivity (Wildman–Crippen MR) is 227 cm³/mol. The first-order valence-corrected chi connectivity index (χ1v) is 19.4. The van der Waals surface area contributed by atoms with Crippen molar-refractivity contribution in [1.29, 1.82) is 0 Å². The number of nitrogens with zero attached hydrogens (tertiary/aromatic N) is 1. The molecule has 0 N–H and O–H groups in total. The lowest BCUT2D eigenvalue weighted by molar-refractivity contribution is 0.617. The third-order valence-corrected chi connectivity index (χ3v) is 12.8. The Morgan fingerprint density at radius 3 is 2.20 bits per heavy atom. The van der Waals surface area contributed by atoms with E-state index in [-0.39, 0.29) is 5.41 Å². The number of hydrogen-bond donors (Lipinski definition) is 0. The van der Waals surface area contributed by atoms with Crippen LogP contribution in [0.2, 0.25) is 0 Å². The first kappa shape index (κ1) is 31.4. The van der Waals surface area contributed by atoms with Crippen molar-refractivity contribution in [2.75, 3.05) is 0 Å². The van der Waals surface area contributed by atoms with Gasteiger partial charge < -0.3 is 4.57 Å². The standard InChI is InChI=1S/C53H41N/c1-33-19-21-34(22-20-33)35-11-10-12-38(29-35)52-43-16-5-4-13-40(43)45-30-36(23-26-44(45)52)37-24-28-51-47(31-37)42-15-7-9-18-50(42)54(51)39-25-27-49-46(32-39)41-14-6-8-17-48(41)53(49,2)3/h4-15,17-32,43,52H,16H2,1-3H3. The average molecular weight is 692 g/mol. The van der Waals surface area contributed by atoms with Gasteiger partial charge in [-0.05, 0) is 122 Å². The van der Waals surface area contributed by atoms with E-state index in [1.807, 2.05) is 0 Å². The molecule has 8 aromatic rings. The van der Waals surface area contributed by atoms with Gasteiger partial charge in [-0.25, -0.2) is 0 Å². The quantitative estimate of drug-likeness (QED) is 0.173. The third kappa shape index (κ3) is 4.58. The van der Waals surface area contributed by atoms with E-state index in [1.54, 1.807) is 0 Å². The predicted octanol–water partition coefficient (Wildman–Crippen LogP) is 13.8. The average Bonchev–Trinajstić information content (AvgIpc) is 3.81. The van der Waals surface area contributed by atoms with Crippen molar-refractivity contribution in [3.8, 4) is 39.1 Å². The molecule has 0 saturated heterocycles. The monoisotopic (exact) mass is 691 g/mol. The van der Waals surface area contributed by atoms with Crippen LogP contribution in [-0.4, -0.2) is 4.57 Å². The Morgan fingerprint density at radius 1 is 0.556 bits per heavy atom. The fourth-order valence-corrected chi connectivity index (χ4v) is 10.1. The second-order valence-electron chi connectivity index (χ2n) is 16.1. The summed E-state index contributed by atoms with van der Waals surface area (Å²) in [5, 5.41) is 2.57. The van der Waals surface area contributed by atoms with Crippen LogP contribution in [0.4, 0.5) is 0 Å². The topological polar surface area (TPSA) is 4.93 Å². The van der Waals surface area contributed by atoms with Crippen molar-refractivity contribution in [3.63, 3.8) is 0 Å². The lowest BCUT2D eigenvalue weighted by Gasteiger charge is -2.23. The minimum absolute atomic E-state index is 0.00843. The van der Waals surface area contributed by atoms with Crippen LogP contribution in [0.25, 0.3) is 66.4 Å². The van der Waals surface area contributed by atoms with Gasteiger partial charge in [-0.2, -0.15) is 0 Å². The fourth-order valence-electron chi connectivity index (χ4n) is 10.1. The SMILES string of the molecule is Cc1ccc(-c2cccc(C3c4ccc(-c5ccc6c(c5)c5ccccc5n6-c5ccc6c(c5)-c5ccccc5C6(C)C)cc4C4=CC=CCC43)c2)cc1. The second kappa shape index (κ2) is 11.7. The summed E-state index contributed by atoms with van der Waals surface area (Å²) < 4.78 is 2.46. The normalized spacial score (nSPS) is 17.6. The van der Waals surface area contributed by atoms with E-state index in [0.717, 1.165) is 6.42 Å². The number of benzene rings is 7. The van der Waals surface area contributed by atoms with Crippen LogP contribution in [0.5, 0.6) is 0 Å². The number of hydrogen-bond acceptors (Lipinski definition) is 0. The maximum Gasteiger partial charge on any atom is 0.0541 e. The summed E-state index contributed by atoms with van der Waals surface area (Å²) >= 11 is 0. The van der Waals surface area contributed by atoms with Gasteiger partial charge in [0.2, 0.25) is 0 Å². The van der Waals surface area contributed by atoms with E-state index >= 15 is 0 Å². The summed E-state index contributed by atoms with van der Waals surface area (Å²) in [5.74, 6) is 0.778. The zero-order valence-electron chi connectivity index (χ0n) is 31.0. The molecule has 54 heavy (non-hydrogen) atoms. The van der Waals surface area contributed by atoms with Crippen LogP contribution >= 0.6 is 0 Å². The highest BCUT2D eigenvalue weighted by molar-refractivity contribution is 6.10. The molecule has 11 rings (SSSR count). The fraction of sp³-hybridized carbons (Fsp3) is 0.132. The summed E-state index contributed by atoms with van der Waals surface area (Å²) in [5.41, 5.74) is 21.3. The molecule has 7 aromatic carbocycles. The molecule has 0 fully saturated rings. The molecular weight excluding hydrogens is 651 g/mol. The molecule has 0 bridgehead atoms. The molecule has 0 radical (unpaired) electrons. The lowest BCUT2D eigenvalue weighted by atomic mass is 9.80. The van der Waals surface area contributed by atoms with Gasteiger partial charge in [-0.15, -0.1) is 0 Å². The van der Waals surface area contributed by atoms with E-state index in [2.05, 4.69) is 195 Å². The Morgan fingerprint density at radius 2 is 1.30 bits per heavy atom. The van der Waals surface area contributed by atoms with Crippen LogP contribution in [0.1, 0.15) is 59.6 Å². The van der Waals surface area contributed by atoms with Gasteiger partial charge in [-0.3, -0.25) is 0 Å². The minimum Gasteiger partial charge on any atom is -0.309 e. The number of para-hydroxylation sites is 1. The number of aromatic nitrogens is 1. The third-order valence-electron chi connectivity index (χ3n) is 12.8. The number of rotatable bonds is 4. The van der Waals surface area contributed by atoms with Crippen LogP contribution < -0.4 is 0 Å². The summed E-state index contributed by atoms with van der Waals surface area (Å²) in [4.78, 5) is 0. The Balaban J connectivity index is 1.02. The Kier molecular flexibility index (Phi) is 6.77. The first-order valence-electron chi connectivity index (χ1n) is 19.4. The van der Waals surface area contributed by atoms with Crippen molar-refractivity contribution in [1.82, 2.24) is 4.57 Å². The van der Waals surface area contributed by atoms with Crippen molar-refractivity contribution >= 4 is 27.4 Å². The van der Waals surface area contributed by atoms with Gasteiger partial charge in [-0.1, -0.05) is 153 Å². The maximum absolute atomic E-state index is 2.47. The zero-order chi connectivity index (χ0) is 36.1. The second-order valence-corrected chi connectivity index (χ2v) is 16.1. The largest absolute Gasteiger partial charge is 0.309 e. The van der Waals surface area contributed by atoms with Gasteiger partial charge in [0.15, 0.2) is 0 Å². The summed E-state index contributed by atoms with van der Waals surface area (Å²) in [6, 6.07) is 57.4. The van der Waals surface area contributed by atoms with E-state index in [4.69, 9.17) is 0 Å². The maximum atomic E-state index is 2.47. The number of aryl methyl sites for hydroxylation is 1. The Labute approximate surface area is 317 Å². The molecule has 3 aliphatic rings. The van der Waals surface area contributed by atoms with Crippen molar-refractivity contribution in [3.05, 3.63) is 203 Å². The molecule has 1 aromatic heterocycles. The minimum atomic E-state index is -0.00843. The van der Waals surface area contributed by atoms with Crippen LogP contribution in [0.15, 0.2) is 170 Å². The Bertz CT molecular complexity index is 2890. The molecule has 0 amide bonds. The molecule has 0 spiro atoms.